The summed E-state index contributed by atoms with van der Waals surface area (Å²) >= 11 is 9.62. The SMILES string of the molecule is CCOc1cc(Br)c(CC(=O)N(C)Cc2cc([N+](=O)[O-])ccc2Cl)cc1OCC. The van der Waals surface area contributed by atoms with Crippen LogP contribution in [0.4, 0.5) is 5.69 Å². The van der Waals surface area contributed by atoms with Crippen LogP contribution in [0.3, 0.4) is 0 Å². The van der Waals surface area contributed by atoms with Crippen molar-refractivity contribution < 1.29 is 19.2 Å². The highest BCUT2D eigenvalue weighted by Gasteiger charge is 2.18. The first-order valence-corrected chi connectivity index (χ1v) is 10.2. The lowest BCUT2D eigenvalue weighted by Crippen LogP contribution is -2.28. The second-order valence-corrected chi connectivity index (χ2v) is 7.48. The van der Waals surface area contributed by atoms with E-state index in [1.165, 1.54) is 23.1 Å². The predicted octanol–water partition coefficient (Wildman–Crippen LogP) is 5.01. The third kappa shape index (κ3) is 6.08. The van der Waals surface area contributed by atoms with Gasteiger partial charge in [-0.15, -0.1) is 0 Å². The molecule has 0 aliphatic carbocycles. The lowest BCUT2D eigenvalue weighted by molar-refractivity contribution is -0.384. The minimum Gasteiger partial charge on any atom is -0.490 e. The van der Waals surface area contributed by atoms with Gasteiger partial charge in [-0.25, -0.2) is 0 Å². The predicted molar refractivity (Wildman–Crippen MR) is 115 cm³/mol. The summed E-state index contributed by atoms with van der Waals surface area (Å²) in [5.41, 5.74) is 1.19. The van der Waals surface area contributed by atoms with E-state index < -0.39 is 4.92 Å². The Kier molecular flexibility index (Phi) is 8.28. The van der Waals surface area contributed by atoms with Gasteiger partial charge in [-0.2, -0.15) is 0 Å². The van der Waals surface area contributed by atoms with Gasteiger partial charge in [0.25, 0.3) is 5.69 Å². The largest absolute Gasteiger partial charge is 0.490 e. The van der Waals surface area contributed by atoms with Crippen molar-refractivity contribution in [1.82, 2.24) is 4.90 Å². The molecule has 2 rings (SSSR count). The number of hydrogen-bond acceptors (Lipinski definition) is 5. The summed E-state index contributed by atoms with van der Waals surface area (Å²) < 4.78 is 11.9. The average molecular weight is 486 g/mol. The molecule has 0 aliphatic rings. The number of carbonyl (C=O) groups excluding carboxylic acids is 1. The fourth-order valence-corrected chi connectivity index (χ4v) is 3.33. The molecule has 7 nitrogen and oxygen atoms in total. The van der Waals surface area contributed by atoms with Crippen LogP contribution in [0.2, 0.25) is 5.02 Å². The van der Waals surface area contributed by atoms with Crippen molar-refractivity contribution in [2.75, 3.05) is 20.3 Å². The third-order valence-electron chi connectivity index (χ3n) is 4.13. The summed E-state index contributed by atoms with van der Waals surface area (Å²) in [5.74, 6) is 1.01. The number of likely N-dealkylation sites (N-methyl/N-ethyl adjacent to an activating group) is 1. The van der Waals surface area contributed by atoms with Crippen LogP contribution in [0.25, 0.3) is 0 Å². The molecule has 0 saturated carbocycles. The van der Waals surface area contributed by atoms with E-state index >= 15 is 0 Å². The molecular formula is C20H22BrClN2O5. The molecule has 0 bridgehead atoms. The molecule has 0 atom stereocenters. The maximum atomic E-state index is 12.7. The topological polar surface area (TPSA) is 81.9 Å². The molecule has 0 spiro atoms. The number of hydrogen-bond donors (Lipinski definition) is 0. The number of benzene rings is 2. The molecule has 1 amide bonds. The summed E-state index contributed by atoms with van der Waals surface area (Å²) in [5, 5.41) is 11.3. The molecule has 0 N–H and O–H groups in total. The Balaban J connectivity index is 2.18. The summed E-state index contributed by atoms with van der Waals surface area (Å²) in [7, 11) is 1.63. The van der Waals surface area contributed by atoms with E-state index in [2.05, 4.69) is 15.9 Å². The quantitative estimate of drug-likeness (QED) is 0.368. The number of carbonyl (C=O) groups is 1. The van der Waals surface area contributed by atoms with Crippen LogP contribution in [0.1, 0.15) is 25.0 Å². The number of non-ortho nitro benzene ring substituents is 1. The van der Waals surface area contributed by atoms with Crippen molar-refractivity contribution in [2.45, 2.75) is 26.8 Å². The highest BCUT2D eigenvalue weighted by atomic mass is 79.9. The van der Waals surface area contributed by atoms with Gasteiger partial charge in [0.15, 0.2) is 11.5 Å². The Morgan fingerprint density at radius 3 is 2.34 bits per heavy atom. The van der Waals surface area contributed by atoms with E-state index in [0.717, 1.165) is 10.0 Å². The molecule has 0 aliphatic heterocycles. The Morgan fingerprint density at radius 1 is 1.14 bits per heavy atom. The lowest BCUT2D eigenvalue weighted by atomic mass is 10.1. The van der Waals surface area contributed by atoms with Crippen LogP contribution in [0.15, 0.2) is 34.8 Å². The van der Waals surface area contributed by atoms with Gasteiger partial charge in [0.1, 0.15) is 0 Å². The maximum absolute atomic E-state index is 12.7. The van der Waals surface area contributed by atoms with Gasteiger partial charge in [0.2, 0.25) is 5.91 Å². The Morgan fingerprint density at radius 2 is 1.76 bits per heavy atom. The van der Waals surface area contributed by atoms with Crippen molar-refractivity contribution >= 4 is 39.1 Å². The van der Waals surface area contributed by atoms with E-state index in [4.69, 9.17) is 21.1 Å². The summed E-state index contributed by atoms with van der Waals surface area (Å²) in [6.07, 6.45) is 0.121. The maximum Gasteiger partial charge on any atom is 0.269 e. The first kappa shape index (κ1) is 23.0. The fraction of sp³-hybridized carbons (Fsp3) is 0.350. The molecule has 29 heavy (non-hydrogen) atoms. The summed E-state index contributed by atoms with van der Waals surface area (Å²) in [4.78, 5) is 24.7. The van der Waals surface area contributed by atoms with Crippen molar-refractivity contribution in [3.05, 3.63) is 61.1 Å². The van der Waals surface area contributed by atoms with E-state index in [1.807, 2.05) is 13.8 Å². The van der Waals surface area contributed by atoms with E-state index in [0.29, 0.717) is 35.3 Å². The number of halogens is 2. The first-order chi connectivity index (χ1) is 13.8. The monoisotopic (exact) mass is 484 g/mol. The van der Waals surface area contributed by atoms with E-state index in [1.54, 1.807) is 19.2 Å². The minimum atomic E-state index is -0.492. The molecule has 0 heterocycles. The molecule has 2 aromatic rings. The molecule has 2 aromatic carbocycles. The normalized spacial score (nSPS) is 10.5. The molecule has 9 heteroatoms. The summed E-state index contributed by atoms with van der Waals surface area (Å²) in [6, 6.07) is 7.75. The number of ether oxygens (including phenoxy) is 2. The van der Waals surface area contributed by atoms with Gasteiger partial charge in [0.05, 0.1) is 24.6 Å². The van der Waals surface area contributed by atoms with Crippen molar-refractivity contribution in [1.29, 1.82) is 0 Å². The first-order valence-electron chi connectivity index (χ1n) is 9.01. The van der Waals surface area contributed by atoms with Gasteiger partial charge in [-0.05, 0) is 43.2 Å². The van der Waals surface area contributed by atoms with Crippen molar-refractivity contribution in [3.8, 4) is 11.5 Å². The van der Waals surface area contributed by atoms with Gasteiger partial charge in [0, 0.05) is 35.2 Å². The number of amides is 1. The van der Waals surface area contributed by atoms with Crippen LogP contribution in [-0.4, -0.2) is 36.0 Å². The Labute approximate surface area is 182 Å². The van der Waals surface area contributed by atoms with Crippen molar-refractivity contribution in [3.63, 3.8) is 0 Å². The van der Waals surface area contributed by atoms with Gasteiger partial charge >= 0.3 is 0 Å². The zero-order valence-corrected chi connectivity index (χ0v) is 18.7. The van der Waals surface area contributed by atoms with Gasteiger partial charge < -0.3 is 14.4 Å². The molecule has 0 unspecified atom stereocenters. The third-order valence-corrected chi connectivity index (χ3v) is 5.23. The van der Waals surface area contributed by atoms with Crippen LogP contribution >= 0.6 is 27.5 Å². The minimum absolute atomic E-state index is 0.0686. The molecule has 0 aromatic heterocycles. The zero-order chi connectivity index (χ0) is 21.6. The Hall–Kier alpha value is -2.32. The highest BCUT2D eigenvalue weighted by molar-refractivity contribution is 9.10. The summed E-state index contributed by atoms with van der Waals surface area (Å²) in [6.45, 7) is 4.89. The number of nitro benzene ring substituents is 1. The van der Waals surface area contributed by atoms with Crippen molar-refractivity contribution in [2.24, 2.45) is 0 Å². The second kappa shape index (κ2) is 10.5. The molecule has 0 radical (unpaired) electrons. The highest BCUT2D eigenvalue weighted by Crippen LogP contribution is 2.34. The zero-order valence-electron chi connectivity index (χ0n) is 16.4. The van der Waals surface area contributed by atoms with E-state index in [9.17, 15) is 14.9 Å². The van der Waals surface area contributed by atoms with Gasteiger partial charge in [-0.3, -0.25) is 14.9 Å². The van der Waals surface area contributed by atoms with Crippen LogP contribution < -0.4 is 9.47 Å². The van der Waals surface area contributed by atoms with Crippen LogP contribution in [0, 0.1) is 10.1 Å². The number of rotatable bonds is 9. The average Bonchev–Trinajstić information content (AvgIpc) is 2.67. The fourth-order valence-electron chi connectivity index (χ4n) is 2.69. The Bertz CT molecular complexity index is 907. The molecule has 0 saturated heterocycles. The smallest absolute Gasteiger partial charge is 0.269 e. The van der Waals surface area contributed by atoms with E-state index in [-0.39, 0.29) is 24.6 Å². The second-order valence-electron chi connectivity index (χ2n) is 6.22. The molecule has 0 fully saturated rings. The lowest BCUT2D eigenvalue weighted by Gasteiger charge is -2.19. The number of nitro groups is 1. The molecular weight excluding hydrogens is 464 g/mol. The van der Waals surface area contributed by atoms with Gasteiger partial charge in [-0.1, -0.05) is 27.5 Å². The standard InChI is InChI=1S/C20H22BrClN2O5/c1-4-28-18-9-13(16(21)11-19(18)29-5-2)10-20(25)23(3)12-14-8-15(24(26)27)6-7-17(14)22/h6-9,11H,4-5,10,12H2,1-3H3. The van der Waals surface area contributed by atoms with Crippen LogP contribution in [-0.2, 0) is 17.8 Å². The number of nitrogens with zero attached hydrogens (tertiary/aromatic N) is 2. The van der Waals surface area contributed by atoms with Crippen LogP contribution in [0.5, 0.6) is 11.5 Å². The molecule has 156 valence electrons.